The van der Waals surface area contributed by atoms with Crippen LogP contribution in [0.15, 0.2) is 28.7 Å². The molecule has 1 aliphatic rings. The number of ether oxygens (including phenoxy) is 2. The van der Waals surface area contributed by atoms with Gasteiger partial charge in [0.25, 0.3) is 0 Å². The molecule has 106 valence electrons. The van der Waals surface area contributed by atoms with Crippen molar-refractivity contribution < 1.29 is 9.47 Å². The number of rotatable bonds is 4. The minimum Gasteiger partial charge on any atom is -0.384 e. The minimum absolute atomic E-state index is 0.0525. The molecule has 0 amide bonds. The van der Waals surface area contributed by atoms with Crippen molar-refractivity contribution in [2.75, 3.05) is 20.3 Å². The normalized spacial score (nSPS) is 22.3. The first-order valence-electron chi connectivity index (χ1n) is 6.56. The van der Waals surface area contributed by atoms with E-state index in [0.717, 1.165) is 28.9 Å². The Morgan fingerprint density at radius 3 is 3.20 bits per heavy atom. The van der Waals surface area contributed by atoms with Crippen LogP contribution in [0.25, 0.3) is 11.4 Å². The van der Waals surface area contributed by atoms with Gasteiger partial charge in [-0.05, 0) is 18.6 Å². The van der Waals surface area contributed by atoms with Crippen LogP contribution in [-0.2, 0) is 9.47 Å². The Bertz CT molecular complexity index is 587. The van der Waals surface area contributed by atoms with E-state index in [2.05, 4.69) is 31.1 Å². The Morgan fingerprint density at radius 1 is 1.50 bits per heavy atom. The maximum Gasteiger partial charge on any atom is 0.181 e. The summed E-state index contributed by atoms with van der Waals surface area (Å²) in [4.78, 5) is 4.57. The summed E-state index contributed by atoms with van der Waals surface area (Å²) >= 11 is 3.46. The third-order valence-electron chi connectivity index (χ3n) is 3.45. The van der Waals surface area contributed by atoms with E-state index in [1.807, 2.05) is 24.3 Å². The van der Waals surface area contributed by atoms with E-state index in [9.17, 15) is 0 Å². The summed E-state index contributed by atoms with van der Waals surface area (Å²) in [6.07, 6.45) is 0.939. The first kappa shape index (κ1) is 13.7. The third-order valence-corrected chi connectivity index (χ3v) is 3.94. The highest BCUT2D eigenvalue weighted by Crippen LogP contribution is 2.33. The van der Waals surface area contributed by atoms with Crippen LogP contribution in [-0.4, -0.2) is 35.5 Å². The topological polar surface area (TPSA) is 60.0 Å². The molecule has 0 radical (unpaired) electrons. The highest BCUT2D eigenvalue weighted by molar-refractivity contribution is 9.10. The van der Waals surface area contributed by atoms with E-state index < -0.39 is 0 Å². The summed E-state index contributed by atoms with van der Waals surface area (Å²) < 4.78 is 12.0. The van der Waals surface area contributed by atoms with E-state index in [-0.39, 0.29) is 6.10 Å². The van der Waals surface area contributed by atoms with Crippen LogP contribution in [0.5, 0.6) is 0 Å². The molecule has 2 heterocycles. The predicted molar refractivity (Wildman–Crippen MR) is 78.2 cm³/mol. The second-order valence-corrected chi connectivity index (χ2v) is 5.77. The molecule has 1 aromatic carbocycles. The van der Waals surface area contributed by atoms with Crippen molar-refractivity contribution >= 4 is 15.9 Å². The SMILES string of the molecule is COC[C@@H]1CCO[C@@H]1c1nc(-c2cccc(Br)c2)n[nH]1. The molecule has 1 aliphatic heterocycles. The van der Waals surface area contributed by atoms with Gasteiger partial charge in [0.2, 0.25) is 0 Å². The van der Waals surface area contributed by atoms with Gasteiger partial charge in [0.1, 0.15) is 6.10 Å². The van der Waals surface area contributed by atoms with Crippen molar-refractivity contribution in [1.82, 2.24) is 15.2 Å². The van der Waals surface area contributed by atoms with Crippen LogP contribution in [0.3, 0.4) is 0 Å². The second-order valence-electron chi connectivity index (χ2n) is 4.85. The van der Waals surface area contributed by atoms with E-state index in [4.69, 9.17) is 9.47 Å². The number of halogens is 1. The van der Waals surface area contributed by atoms with Gasteiger partial charge in [-0.3, -0.25) is 5.10 Å². The lowest BCUT2D eigenvalue weighted by Gasteiger charge is -2.14. The Hall–Kier alpha value is -1.24. The largest absolute Gasteiger partial charge is 0.384 e. The van der Waals surface area contributed by atoms with Gasteiger partial charge in [0, 0.05) is 29.7 Å². The van der Waals surface area contributed by atoms with Gasteiger partial charge in [0.15, 0.2) is 11.6 Å². The number of hydrogen-bond donors (Lipinski definition) is 1. The van der Waals surface area contributed by atoms with Crippen molar-refractivity contribution in [2.24, 2.45) is 5.92 Å². The average molecular weight is 338 g/mol. The highest BCUT2D eigenvalue weighted by atomic mass is 79.9. The zero-order valence-corrected chi connectivity index (χ0v) is 12.8. The Morgan fingerprint density at radius 2 is 2.40 bits per heavy atom. The molecule has 2 atom stereocenters. The third kappa shape index (κ3) is 2.77. The molecule has 2 aromatic rings. The van der Waals surface area contributed by atoms with Gasteiger partial charge in [0.05, 0.1) is 6.61 Å². The number of aromatic nitrogens is 3. The Labute approximate surface area is 125 Å². The molecular formula is C14H16BrN3O2. The molecule has 1 fully saturated rings. The lowest BCUT2D eigenvalue weighted by Crippen LogP contribution is -2.14. The Kier molecular flexibility index (Phi) is 4.14. The lowest BCUT2D eigenvalue weighted by atomic mass is 10.0. The molecule has 0 spiro atoms. The van der Waals surface area contributed by atoms with E-state index in [1.165, 1.54) is 0 Å². The molecule has 1 aromatic heterocycles. The number of nitrogens with one attached hydrogen (secondary N) is 1. The summed E-state index contributed by atoms with van der Waals surface area (Å²) in [5.41, 5.74) is 0.975. The average Bonchev–Trinajstić information content (AvgIpc) is 3.07. The number of benzene rings is 1. The van der Waals surface area contributed by atoms with Crippen molar-refractivity contribution in [3.05, 3.63) is 34.6 Å². The molecule has 0 bridgehead atoms. The van der Waals surface area contributed by atoms with E-state index in [0.29, 0.717) is 18.3 Å². The zero-order chi connectivity index (χ0) is 13.9. The Balaban J connectivity index is 1.83. The summed E-state index contributed by atoms with van der Waals surface area (Å²) in [6, 6.07) is 7.93. The fourth-order valence-corrected chi connectivity index (χ4v) is 2.88. The lowest BCUT2D eigenvalue weighted by molar-refractivity contribution is 0.0539. The van der Waals surface area contributed by atoms with Crippen molar-refractivity contribution in [3.8, 4) is 11.4 Å². The van der Waals surface area contributed by atoms with Crippen LogP contribution in [0.2, 0.25) is 0 Å². The molecule has 3 rings (SSSR count). The van der Waals surface area contributed by atoms with Crippen LogP contribution in [0.4, 0.5) is 0 Å². The van der Waals surface area contributed by atoms with Crippen LogP contribution < -0.4 is 0 Å². The molecular weight excluding hydrogens is 322 g/mol. The fraction of sp³-hybridized carbons (Fsp3) is 0.429. The quantitative estimate of drug-likeness (QED) is 0.931. The fourth-order valence-electron chi connectivity index (χ4n) is 2.48. The molecule has 0 unspecified atom stereocenters. The zero-order valence-electron chi connectivity index (χ0n) is 11.2. The molecule has 1 saturated heterocycles. The van der Waals surface area contributed by atoms with Crippen LogP contribution >= 0.6 is 15.9 Å². The highest BCUT2D eigenvalue weighted by Gasteiger charge is 2.32. The van der Waals surface area contributed by atoms with E-state index >= 15 is 0 Å². The first-order valence-corrected chi connectivity index (χ1v) is 7.36. The summed E-state index contributed by atoms with van der Waals surface area (Å²) in [5.74, 6) is 1.80. The number of hydrogen-bond acceptors (Lipinski definition) is 4. The van der Waals surface area contributed by atoms with Gasteiger partial charge >= 0.3 is 0 Å². The number of aromatic amines is 1. The number of nitrogens with zero attached hydrogens (tertiary/aromatic N) is 2. The maximum atomic E-state index is 5.75. The van der Waals surface area contributed by atoms with Crippen LogP contribution in [0.1, 0.15) is 18.3 Å². The van der Waals surface area contributed by atoms with E-state index in [1.54, 1.807) is 7.11 Å². The van der Waals surface area contributed by atoms with Gasteiger partial charge in [-0.25, -0.2) is 4.98 Å². The summed E-state index contributed by atoms with van der Waals surface area (Å²) in [6.45, 7) is 1.42. The maximum absolute atomic E-state index is 5.75. The van der Waals surface area contributed by atoms with Crippen molar-refractivity contribution in [2.45, 2.75) is 12.5 Å². The smallest absolute Gasteiger partial charge is 0.181 e. The number of methoxy groups -OCH3 is 1. The van der Waals surface area contributed by atoms with Gasteiger partial charge < -0.3 is 9.47 Å². The van der Waals surface area contributed by atoms with Crippen molar-refractivity contribution in [1.29, 1.82) is 0 Å². The molecule has 5 nitrogen and oxygen atoms in total. The molecule has 0 saturated carbocycles. The molecule has 20 heavy (non-hydrogen) atoms. The molecule has 6 heteroatoms. The summed E-state index contributed by atoms with van der Waals surface area (Å²) in [7, 11) is 1.71. The summed E-state index contributed by atoms with van der Waals surface area (Å²) in [5, 5.41) is 7.29. The number of H-pyrrole nitrogens is 1. The molecule has 1 N–H and O–H groups in total. The van der Waals surface area contributed by atoms with Crippen LogP contribution in [0, 0.1) is 5.92 Å². The standard InChI is InChI=1S/C14H16BrN3O2/c1-19-8-10-5-6-20-12(10)14-16-13(17-18-14)9-3-2-4-11(15)7-9/h2-4,7,10,12H,5-6,8H2,1H3,(H,16,17,18)/t10-,12-/m0/s1. The minimum atomic E-state index is -0.0525. The monoisotopic (exact) mass is 337 g/mol. The van der Waals surface area contributed by atoms with Gasteiger partial charge in [-0.2, -0.15) is 5.10 Å². The predicted octanol–water partition coefficient (Wildman–Crippen LogP) is 2.96. The van der Waals surface area contributed by atoms with Gasteiger partial charge in [-0.1, -0.05) is 28.1 Å². The molecule has 0 aliphatic carbocycles. The van der Waals surface area contributed by atoms with Crippen molar-refractivity contribution in [3.63, 3.8) is 0 Å². The first-order chi connectivity index (χ1) is 9.78. The second kappa shape index (κ2) is 6.03. The van der Waals surface area contributed by atoms with Gasteiger partial charge in [-0.15, -0.1) is 0 Å².